The zero-order chi connectivity index (χ0) is 13.1. The molecule has 0 saturated carbocycles. The molecule has 21 heavy (non-hydrogen) atoms. The third-order valence-electron chi connectivity index (χ3n) is 3.94. The van der Waals surface area contributed by atoms with Crippen molar-refractivity contribution in [2.24, 2.45) is 0 Å². The van der Waals surface area contributed by atoms with Gasteiger partial charge in [-0.1, -0.05) is 25.5 Å². The van der Waals surface area contributed by atoms with E-state index in [-0.39, 0.29) is 24.8 Å². The molecule has 1 aromatic rings. The molecule has 1 N–H and O–H groups in total. The molecule has 0 aromatic heterocycles. The second kappa shape index (κ2) is 8.69. The van der Waals surface area contributed by atoms with Crippen LogP contribution in [0.15, 0.2) is 18.2 Å². The molecule has 2 aliphatic heterocycles. The summed E-state index contributed by atoms with van der Waals surface area (Å²) in [5, 5.41) is 3.42. The normalized spacial score (nSPS) is 18.5. The lowest BCUT2D eigenvalue weighted by atomic mass is 9.98. The van der Waals surface area contributed by atoms with Gasteiger partial charge >= 0.3 is 0 Å². The van der Waals surface area contributed by atoms with E-state index in [1.54, 1.807) is 0 Å². The lowest BCUT2D eigenvalue weighted by Gasteiger charge is -2.35. The predicted octanol–water partition coefficient (Wildman–Crippen LogP) is 3.01. The first-order chi connectivity index (χ1) is 9.40. The molecule has 4 nitrogen and oxygen atoms in total. The minimum atomic E-state index is 0. The monoisotopic (exact) mass is 334 g/mol. The van der Waals surface area contributed by atoms with Crippen molar-refractivity contribution in [1.82, 2.24) is 10.2 Å². The third-order valence-corrected chi connectivity index (χ3v) is 3.94. The van der Waals surface area contributed by atoms with Crippen LogP contribution in [0.5, 0.6) is 11.5 Å². The molecular formula is C15H24Cl2N2O2. The van der Waals surface area contributed by atoms with Crippen LogP contribution in [0, 0.1) is 0 Å². The molecular weight excluding hydrogens is 311 g/mol. The largest absolute Gasteiger partial charge is 0.454 e. The number of ether oxygens (including phenoxy) is 2. The number of piperazine rings is 1. The standard InChI is InChI=1S/C15H22N2O2.2ClH/c1-2-4-13(17-9-7-16-8-10-17)12-5-3-6-14-15(12)19-11-18-14;;/h3,5-6,13,16H,2,4,7-11H2,1H3;2*1H/t13-;;/m1../s1. The van der Waals surface area contributed by atoms with Crippen LogP contribution in [0.3, 0.4) is 0 Å². The predicted molar refractivity (Wildman–Crippen MR) is 89.2 cm³/mol. The number of para-hydroxylation sites is 1. The summed E-state index contributed by atoms with van der Waals surface area (Å²) in [6, 6.07) is 6.71. The Labute approximate surface area is 139 Å². The highest BCUT2D eigenvalue weighted by atomic mass is 35.5. The average molecular weight is 335 g/mol. The fourth-order valence-corrected chi connectivity index (χ4v) is 3.02. The third kappa shape index (κ3) is 3.95. The number of nitrogens with one attached hydrogen (secondary N) is 1. The summed E-state index contributed by atoms with van der Waals surface area (Å²) >= 11 is 0. The highest BCUT2D eigenvalue weighted by Crippen LogP contribution is 2.41. The number of halogens is 2. The highest BCUT2D eigenvalue weighted by molar-refractivity contribution is 5.85. The number of rotatable bonds is 4. The number of hydrogen-bond acceptors (Lipinski definition) is 4. The molecule has 1 fully saturated rings. The molecule has 2 aliphatic rings. The maximum atomic E-state index is 5.68. The second-order valence-corrected chi connectivity index (χ2v) is 5.17. The van der Waals surface area contributed by atoms with E-state index < -0.39 is 0 Å². The van der Waals surface area contributed by atoms with Gasteiger partial charge in [-0.15, -0.1) is 24.8 Å². The van der Waals surface area contributed by atoms with Crippen LogP contribution in [0.2, 0.25) is 0 Å². The summed E-state index contributed by atoms with van der Waals surface area (Å²) in [4.78, 5) is 2.57. The van der Waals surface area contributed by atoms with Crippen LogP contribution in [-0.4, -0.2) is 37.9 Å². The van der Waals surface area contributed by atoms with Gasteiger partial charge < -0.3 is 14.8 Å². The van der Waals surface area contributed by atoms with Gasteiger partial charge in [0.1, 0.15) is 0 Å². The van der Waals surface area contributed by atoms with Crippen LogP contribution in [0.25, 0.3) is 0 Å². The minimum absolute atomic E-state index is 0. The summed E-state index contributed by atoms with van der Waals surface area (Å²) in [5.74, 6) is 1.85. The summed E-state index contributed by atoms with van der Waals surface area (Å²) in [6.45, 7) is 6.96. The molecule has 1 atom stereocenters. The topological polar surface area (TPSA) is 33.7 Å². The Kier molecular flexibility index (Phi) is 7.60. The van der Waals surface area contributed by atoms with E-state index in [0.29, 0.717) is 12.8 Å². The van der Waals surface area contributed by atoms with Gasteiger partial charge in [-0.25, -0.2) is 0 Å². The Morgan fingerprint density at radius 3 is 2.67 bits per heavy atom. The molecule has 0 aliphatic carbocycles. The van der Waals surface area contributed by atoms with Gasteiger partial charge in [-0.2, -0.15) is 0 Å². The first-order valence-electron chi connectivity index (χ1n) is 7.23. The van der Waals surface area contributed by atoms with Gasteiger partial charge in [0, 0.05) is 37.8 Å². The fraction of sp³-hybridized carbons (Fsp3) is 0.600. The van der Waals surface area contributed by atoms with Crippen LogP contribution in [-0.2, 0) is 0 Å². The molecule has 1 saturated heterocycles. The van der Waals surface area contributed by atoms with E-state index in [4.69, 9.17) is 9.47 Å². The maximum absolute atomic E-state index is 5.68. The Morgan fingerprint density at radius 1 is 1.19 bits per heavy atom. The molecule has 0 bridgehead atoms. The second-order valence-electron chi connectivity index (χ2n) is 5.17. The number of hydrogen-bond donors (Lipinski definition) is 1. The first-order valence-corrected chi connectivity index (χ1v) is 7.23. The minimum Gasteiger partial charge on any atom is -0.454 e. The van der Waals surface area contributed by atoms with Crippen LogP contribution in [0.4, 0.5) is 0 Å². The van der Waals surface area contributed by atoms with E-state index in [9.17, 15) is 0 Å². The van der Waals surface area contributed by atoms with E-state index in [2.05, 4.69) is 29.3 Å². The summed E-state index contributed by atoms with van der Waals surface area (Å²) in [5.41, 5.74) is 1.29. The Morgan fingerprint density at radius 2 is 1.95 bits per heavy atom. The van der Waals surface area contributed by atoms with Crippen LogP contribution < -0.4 is 14.8 Å². The quantitative estimate of drug-likeness (QED) is 0.917. The number of nitrogens with zero attached hydrogens (tertiary/aromatic N) is 1. The van der Waals surface area contributed by atoms with Crippen molar-refractivity contribution in [1.29, 1.82) is 0 Å². The van der Waals surface area contributed by atoms with Crippen molar-refractivity contribution in [3.63, 3.8) is 0 Å². The van der Waals surface area contributed by atoms with E-state index >= 15 is 0 Å². The number of fused-ring (bicyclic) bond motifs is 1. The highest BCUT2D eigenvalue weighted by Gasteiger charge is 2.27. The SMILES string of the molecule is CCC[C@H](c1cccc2c1OCO2)N1CCNCC1.Cl.Cl. The van der Waals surface area contributed by atoms with Crippen molar-refractivity contribution in [3.05, 3.63) is 23.8 Å². The van der Waals surface area contributed by atoms with Crippen molar-refractivity contribution >= 4 is 24.8 Å². The summed E-state index contributed by atoms with van der Waals surface area (Å²) in [7, 11) is 0. The Bertz CT molecular complexity index is 440. The molecule has 2 heterocycles. The molecule has 3 rings (SSSR count). The zero-order valence-corrected chi connectivity index (χ0v) is 14.0. The van der Waals surface area contributed by atoms with E-state index in [0.717, 1.165) is 37.7 Å². The van der Waals surface area contributed by atoms with Crippen molar-refractivity contribution in [3.8, 4) is 11.5 Å². The fourth-order valence-electron chi connectivity index (χ4n) is 3.02. The van der Waals surface area contributed by atoms with E-state index in [1.807, 2.05) is 6.07 Å². The van der Waals surface area contributed by atoms with Gasteiger partial charge in [0.15, 0.2) is 11.5 Å². The molecule has 120 valence electrons. The summed E-state index contributed by atoms with van der Waals surface area (Å²) in [6.07, 6.45) is 2.35. The van der Waals surface area contributed by atoms with Crippen molar-refractivity contribution < 1.29 is 9.47 Å². The molecule has 6 heteroatoms. The molecule has 0 amide bonds. The van der Waals surface area contributed by atoms with Crippen LogP contribution in [0.1, 0.15) is 31.4 Å². The molecule has 0 unspecified atom stereocenters. The lowest BCUT2D eigenvalue weighted by Crippen LogP contribution is -2.45. The van der Waals surface area contributed by atoms with Crippen molar-refractivity contribution in [2.45, 2.75) is 25.8 Å². The van der Waals surface area contributed by atoms with Crippen LogP contribution >= 0.6 is 24.8 Å². The van der Waals surface area contributed by atoms with E-state index in [1.165, 1.54) is 18.4 Å². The summed E-state index contributed by atoms with van der Waals surface area (Å²) < 4.78 is 11.2. The van der Waals surface area contributed by atoms with Gasteiger partial charge in [0.25, 0.3) is 0 Å². The Balaban J connectivity index is 0.00000110. The van der Waals surface area contributed by atoms with Crippen molar-refractivity contribution in [2.75, 3.05) is 33.0 Å². The maximum Gasteiger partial charge on any atom is 0.231 e. The first kappa shape index (κ1) is 18.4. The molecule has 1 aromatic carbocycles. The zero-order valence-electron chi connectivity index (χ0n) is 12.3. The molecule has 0 spiro atoms. The molecule has 0 radical (unpaired) electrons. The van der Waals surface area contributed by atoms with Gasteiger partial charge in [-0.05, 0) is 12.5 Å². The smallest absolute Gasteiger partial charge is 0.231 e. The van der Waals surface area contributed by atoms with Gasteiger partial charge in [0.2, 0.25) is 6.79 Å². The Hall–Kier alpha value is -0.680. The van der Waals surface area contributed by atoms with Gasteiger partial charge in [0.05, 0.1) is 0 Å². The number of benzene rings is 1. The average Bonchev–Trinajstić information content (AvgIpc) is 2.94. The van der Waals surface area contributed by atoms with Gasteiger partial charge in [-0.3, -0.25) is 4.90 Å². The lowest BCUT2D eigenvalue weighted by molar-refractivity contribution is 0.153.